The van der Waals surface area contributed by atoms with Crippen molar-refractivity contribution in [3.63, 3.8) is 0 Å². The topological polar surface area (TPSA) is 73.9 Å². The van der Waals surface area contributed by atoms with E-state index in [9.17, 15) is 9.59 Å². The molecular weight excluding hydrogens is 582 g/mol. The average Bonchev–Trinajstić information content (AvgIpc) is 3.20. The molecule has 0 saturated carbocycles. The van der Waals surface area contributed by atoms with Crippen molar-refractivity contribution in [1.82, 2.24) is 5.32 Å². The first kappa shape index (κ1) is 27.0. The third-order valence-corrected chi connectivity index (χ3v) is 7.55. The zero-order valence-electron chi connectivity index (χ0n) is 21.8. The number of allylic oxidation sites excluding steroid dienone is 2. The number of rotatable bonds is 8. The number of hydrogen-bond acceptors (Lipinski definition) is 6. The molecule has 1 aliphatic heterocycles. The van der Waals surface area contributed by atoms with Crippen LogP contribution < -0.4 is 14.8 Å². The maximum Gasteiger partial charge on any atom is 0.336 e. The van der Waals surface area contributed by atoms with E-state index in [1.54, 1.807) is 6.92 Å². The van der Waals surface area contributed by atoms with Crippen LogP contribution in [0.25, 0.3) is 5.70 Å². The fraction of sp³-hybridized carbons (Fsp3) is 0.226. The summed E-state index contributed by atoms with van der Waals surface area (Å²) in [5.41, 5.74) is 5.32. The molecule has 6 nitrogen and oxygen atoms in total. The van der Waals surface area contributed by atoms with Crippen LogP contribution in [-0.2, 0) is 16.1 Å². The molecule has 2 aliphatic rings. The number of benzene rings is 3. The summed E-state index contributed by atoms with van der Waals surface area (Å²) in [6.45, 7) is 6.40. The summed E-state index contributed by atoms with van der Waals surface area (Å²) in [5, 5.41) is 3.97. The summed E-state index contributed by atoms with van der Waals surface area (Å²) in [7, 11) is 0. The molecule has 200 valence electrons. The van der Waals surface area contributed by atoms with E-state index in [1.807, 2.05) is 74.5 Å². The lowest BCUT2D eigenvalue weighted by Crippen LogP contribution is -2.29. The quantitative estimate of drug-likeness (QED) is 0.273. The zero-order chi connectivity index (χ0) is 27.7. The van der Waals surface area contributed by atoms with Gasteiger partial charge in [-0.1, -0.05) is 48.0 Å². The van der Waals surface area contributed by atoms with Gasteiger partial charge in [0.15, 0.2) is 17.3 Å². The number of ketones is 1. The highest BCUT2D eigenvalue weighted by Crippen LogP contribution is 2.49. The van der Waals surface area contributed by atoms with Crippen molar-refractivity contribution in [1.29, 1.82) is 0 Å². The Labute approximate surface area is 240 Å². The van der Waals surface area contributed by atoms with Gasteiger partial charge in [0.25, 0.3) is 0 Å². The van der Waals surface area contributed by atoms with Crippen molar-refractivity contribution >= 4 is 45.0 Å². The third kappa shape index (κ3) is 5.09. The number of ether oxygens (including phenoxy) is 3. The first-order valence-electron chi connectivity index (χ1n) is 12.7. The van der Waals surface area contributed by atoms with Gasteiger partial charge >= 0.3 is 5.97 Å². The van der Waals surface area contributed by atoms with Gasteiger partial charge in [0, 0.05) is 33.3 Å². The lowest BCUT2D eigenvalue weighted by atomic mass is 9.79. The molecule has 0 aromatic heterocycles. The summed E-state index contributed by atoms with van der Waals surface area (Å²) in [6.07, 6.45) is 0. The molecule has 0 fully saturated rings. The first-order valence-corrected chi connectivity index (χ1v) is 13.9. The minimum Gasteiger partial charge on any atom is -0.490 e. The molecule has 3 aromatic carbocycles. The highest BCUT2D eigenvalue weighted by molar-refractivity contribution is 9.10. The maximum absolute atomic E-state index is 13.7. The minimum absolute atomic E-state index is 0.121. The van der Waals surface area contributed by atoms with Crippen LogP contribution in [0.4, 0.5) is 0 Å². The van der Waals surface area contributed by atoms with Crippen LogP contribution in [-0.4, -0.2) is 25.0 Å². The van der Waals surface area contributed by atoms with Gasteiger partial charge < -0.3 is 19.5 Å². The molecule has 0 bridgehead atoms. The Bertz CT molecular complexity index is 1530. The number of carbonyl (C=O) groups is 2. The number of fused-ring (bicyclic) bond motifs is 2. The van der Waals surface area contributed by atoms with E-state index >= 15 is 0 Å². The monoisotopic (exact) mass is 607 g/mol. The summed E-state index contributed by atoms with van der Waals surface area (Å²) in [6, 6.07) is 18.6. The van der Waals surface area contributed by atoms with Crippen molar-refractivity contribution in [3.05, 3.63) is 109 Å². The smallest absolute Gasteiger partial charge is 0.336 e. The standard InChI is InChI=1S/C31H27BrClNO5/c1-4-37-24-15-19(14-23(32)30(24)39-16-18-10-12-20(33)13-11-18)26-25(31(36)38-5-2)17(3)34-28-21-8-6-7-9-22(21)29(35)27(26)28/h6-15,26,34H,4-5,16H2,1-3H3/t26-/m1/s1. The summed E-state index contributed by atoms with van der Waals surface area (Å²) < 4.78 is 18.3. The molecule has 0 amide bonds. The fourth-order valence-electron chi connectivity index (χ4n) is 5.04. The number of Topliss-reactive ketones (excluding diaryl/α,β-unsaturated/α-hetero) is 1. The molecule has 1 N–H and O–H groups in total. The number of halogens is 2. The van der Waals surface area contributed by atoms with E-state index in [-0.39, 0.29) is 12.4 Å². The second-order valence-corrected chi connectivity index (χ2v) is 10.4. The highest BCUT2D eigenvalue weighted by atomic mass is 79.9. The number of carbonyl (C=O) groups excluding carboxylic acids is 2. The normalized spacial score (nSPS) is 16.0. The Hall–Kier alpha value is -3.55. The predicted octanol–water partition coefficient (Wildman–Crippen LogP) is 7.21. The van der Waals surface area contributed by atoms with Crippen molar-refractivity contribution in [2.24, 2.45) is 0 Å². The lowest BCUT2D eigenvalue weighted by Gasteiger charge is -2.30. The maximum atomic E-state index is 13.7. The summed E-state index contributed by atoms with van der Waals surface area (Å²) >= 11 is 9.68. The van der Waals surface area contributed by atoms with Crippen LogP contribution in [0, 0.1) is 0 Å². The number of nitrogens with one attached hydrogen (secondary N) is 1. The van der Waals surface area contributed by atoms with Crippen molar-refractivity contribution in [3.8, 4) is 11.5 Å². The lowest BCUT2D eigenvalue weighted by molar-refractivity contribution is -0.138. The Kier molecular flexibility index (Phi) is 7.82. The largest absolute Gasteiger partial charge is 0.490 e. The minimum atomic E-state index is -0.666. The van der Waals surface area contributed by atoms with Crippen LogP contribution in [0.2, 0.25) is 5.02 Å². The van der Waals surface area contributed by atoms with Gasteiger partial charge in [-0.25, -0.2) is 4.79 Å². The molecule has 0 saturated heterocycles. The van der Waals surface area contributed by atoms with Crippen LogP contribution in [0.5, 0.6) is 11.5 Å². The van der Waals surface area contributed by atoms with E-state index in [0.717, 1.165) is 11.1 Å². The Morgan fingerprint density at radius 2 is 1.72 bits per heavy atom. The molecule has 39 heavy (non-hydrogen) atoms. The molecule has 1 atom stereocenters. The molecule has 0 spiro atoms. The van der Waals surface area contributed by atoms with Gasteiger partial charge in [-0.3, -0.25) is 4.79 Å². The van der Waals surface area contributed by atoms with Crippen LogP contribution in [0.1, 0.15) is 53.7 Å². The molecule has 1 heterocycles. The molecule has 5 rings (SSSR count). The van der Waals surface area contributed by atoms with Crippen LogP contribution >= 0.6 is 27.5 Å². The van der Waals surface area contributed by atoms with Crippen LogP contribution in [0.3, 0.4) is 0 Å². The average molecular weight is 609 g/mol. The van der Waals surface area contributed by atoms with E-state index in [0.29, 0.717) is 67.9 Å². The zero-order valence-corrected chi connectivity index (χ0v) is 24.1. The highest BCUT2D eigenvalue weighted by Gasteiger charge is 2.43. The second kappa shape index (κ2) is 11.3. The Morgan fingerprint density at radius 3 is 2.41 bits per heavy atom. The SMILES string of the molecule is CCOC(=O)C1=C(C)NC2=C(C(=O)c3ccccc32)[C@@H]1c1cc(Br)c(OCc2ccc(Cl)cc2)c(OCC)c1. The Morgan fingerprint density at radius 1 is 1.00 bits per heavy atom. The molecule has 0 unspecified atom stereocenters. The molecule has 3 aromatic rings. The van der Waals surface area contributed by atoms with Crippen molar-refractivity contribution < 1.29 is 23.8 Å². The van der Waals surface area contributed by atoms with E-state index in [2.05, 4.69) is 21.2 Å². The molecular formula is C31H27BrClNO5. The van der Waals surface area contributed by atoms with Gasteiger partial charge in [0.2, 0.25) is 0 Å². The van der Waals surface area contributed by atoms with Crippen LogP contribution in [0.15, 0.2) is 82.0 Å². The predicted molar refractivity (Wildman–Crippen MR) is 154 cm³/mol. The first-order chi connectivity index (χ1) is 18.8. The van der Waals surface area contributed by atoms with Gasteiger partial charge in [0.05, 0.1) is 29.0 Å². The van der Waals surface area contributed by atoms with E-state index in [1.165, 1.54) is 0 Å². The van der Waals surface area contributed by atoms with Crippen molar-refractivity contribution in [2.45, 2.75) is 33.3 Å². The third-order valence-electron chi connectivity index (χ3n) is 6.71. The van der Waals surface area contributed by atoms with E-state index in [4.69, 9.17) is 25.8 Å². The van der Waals surface area contributed by atoms with E-state index < -0.39 is 11.9 Å². The van der Waals surface area contributed by atoms with Crippen molar-refractivity contribution in [2.75, 3.05) is 13.2 Å². The molecule has 1 aliphatic carbocycles. The Balaban J connectivity index is 1.61. The second-order valence-electron chi connectivity index (χ2n) is 9.16. The summed E-state index contributed by atoms with van der Waals surface area (Å²) in [5.74, 6) is -0.232. The number of esters is 1. The van der Waals surface area contributed by atoms with Gasteiger partial charge in [-0.15, -0.1) is 0 Å². The van der Waals surface area contributed by atoms with Gasteiger partial charge in [-0.05, 0) is 72.1 Å². The number of hydrogen-bond donors (Lipinski definition) is 1. The molecule has 8 heteroatoms. The molecule has 0 radical (unpaired) electrons. The number of dihydropyridines is 1. The fourth-order valence-corrected chi connectivity index (χ4v) is 5.74. The van der Waals surface area contributed by atoms with Gasteiger partial charge in [-0.2, -0.15) is 0 Å². The van der Waals surface area contributed by atoms with Gasteiger partial charge in [0.1, 0.15) is 6.61 Å². The summed E-state index contributed by atoms with van der Waals surface area (Å²) in [4.78, 5) is 27.0.